The summed E-state index contributed by atoms with van der Waals surface area (Å²) in [6, 6.07) is 0. The van der Waals surface area contributed by atoms with Gasteiger partial charge in [0.25, 0.3) is 0 Å². The van der Waals surface area contributed by atoms with Gasteiger partial charge in [-0.2, -0.15) is 9.78 Å². The third-order valence-electron chi connectivity index (χ3n) is 4.52. The Balaban J connectivity index is 1.69. The Hall–Kier alpha value is -1.37. The molecule has 1 aliphatic carbocycles. The van der Waals surface area contributed by atoms with Crippen LogP contribution in [0.25, 0.3) is 0 Å². The molecule has 0 saturated heterocycles. The number of carbonyl (C=O) groups is 1. The van der Waals surface area contributed by atoms with Crippen molar-refractivity contribution in [3.05, 3.63) is 5.82 Å². The highest BCUT2D eigenvalue weighted by atomic mass is 32.2. The Labute approximate surface area is 135 Å². The molecule has 2 heterocycles. The second kappa shape index (κ2) is 6.81. The van der Waals surface area contributed by atoms with E-state index in [0.29, 0.717) is 0 Å². The molecule has 1 amide bonds. The lowest BCUT2D eigenvalue weighted by Gasteiger charge is -2.22. The first-order chi connectivity index (χ1) is 10.7. The summed E-state index contributed by atoms with van der Waals surface area (Å²) >= 11 is 1.43. The largest absolute Gasteiger partial charge is 0.358 e. The Morgan fingerprint density at radius 3 is 2.82 bits per heavy atom. The van der Waals surface area contributed by atoms with E-state index in [1.807, 2.05) is 11.6 Å². The molecule has 1 aromatic heterocycles. The number of nitrogens with one attached hydrogen (secondary N) is 1. The summed E-state index contributed by atoms with van der Waals surface area (Å²) in [6.45, 7) is 1.89. The number of amides is 1. The van der Waals surface area contributed by atoms with Gasteiger partial charge in [-0.05, 0) is 19.3 Å². The molecule has 3 rings (SSSR count). The fraction of sp³-hybridized carbons (Fsp3) is 0.733. The smallest absolute Gasteiger partial charge is 0.239 e. The summed E-state index contributed by atoms with van der Waals surface area (Å²) in [5.41, 5.74) is 0.801. The number of nitrogens with zero attached hydrogens (tertiary/aromatic N) is 4. The van der Waals surface area contributed by atoms with E-state index in [2.05, 4.69) is 20.6 Å². The lowest BCUT2D eigenvalue weighted by atomic mass is 9.86. The minimum absolute atomic E-state index is 0.0377. The summed E-state index contributed by atoms with van der Waals surface area (Å²) in [4.78, 5) is 11.9. The molecule has 22 heavy (non-hydrogen) atoms. The second-order valence-electron chi connectivity index (χ2n) is 6.11. The highest BCUT2D eigenvalue weighted by Crippen LogP contribution is 2.30. The molecule has 1 fully saturated rings. The quantitative estimate of drug-likeness (QED) is 0.923. The van der Waals surface area contributed by atoms with Gasteiger partial charge >= 0.3 is 0 Å². The lowest BCUT2D eigenvalue weighted by Crippen LogP contribution is -2.36. The zero-order valence-corrected chi connectivity index (χ0v) is 14.0. The summed E-state index contributed by atoms with van der Waals surface area (Å²) in [5, 5.41) is 16.1. The first kappa shape index (κ1) is 15.5. The molecular weight excluding hydrogens is 298 g/mol. The number of aryl methyl sites for hydroxylation is 1. The van der Waals surface area contributed by atoms with Gasteiger partial charge in [-0.25, -0.2) is 0 Å². The normalized spacial score (nSPS) is 22.1. The van der Waals surface area contributed by atoms with Crippen molar-refractivity contribution in [3.63, 3.8) is 0 Å². The predicted molar refractivity (Wildman–Crippen MR) is 87.1 cm³/mol. The molecule has 0 spiro atoms. The van der Waals surface area contributed by atoms with Gasteiger partial charge < -0.3 is 5.32 Å². The van der Waals surface area contributed by atoms with Gasteiger partial charge in [0.05, 0.1) is 5.71 Å². The zero-order chi connectivity index (χ0) is 15.5. The first-order valence-corrected chi connectivity index (χ1v) is 8.95. The second-order valence-corrected chi connectivity index (χ2v) is 7.18. The number of aromatic nitrogens is 3. The molecule has 0 bridgehead atoms. The van der Waals surface area contributed by atoms with E-state index in [4.69, 9.17) is 0 Å². The number of hydrogen-bond acceptors (Lipinski definition) is 5. The van der Waals surface area contributed by atoms with Crippen molar-refractivity contribution in [3.8, 4) is 0 Å². The Kier molecular flexibility index (Phi) is 4.81. The monoisotopic (exact) mass is 321 g/mol. The van der Waals surface area contributed by atoms with Crippen LogP contribution in [0.5, 0.6) is 0 Å². The molecule has 6 nitrogen and oxygen atoms in total. The van der Waals surface area contributed by atoms with Crippen LogP contribution in [0.1, 0.15) is 51.3 Å². The van der Waals surface area contributed by atoms with Gasteiger partial charge in [0.2, 0.25) is 11.1 Å². The van der Waals surface area contributed by atoms with Crippen LogP contribution in [0.3, 0.4) is 0 Å². The maximum Gasteiger partial charge on any atom is 0.239 e. The fourth-order valence-electron chi connectivity index (χ4n) is 3.21. The molecule has 1 aromatic rings. The Bertz CT molecular complexity index is 576. The topological polar surface area (TPSA) is 72.2 Å². The molecule has 1 aliphatic heterocycles. The maximum absolute atomic E-state index is 11.9. The van der Waals surface area contributed by atoms with Crippen molar-refractivity contribution in [2.75, 3.05) is 7.05 Å². The van der Waals surface area contributed by atoms with Gasteiger partial charge in [0.15, 0.2) is 5.82 Å². The van der Waals surface area contributed by atoms with Crippen LogP contribution in [-0.4, -0.2) is 38.8 Å². The number of thioether (sulfide) groups is 1. The molecule has 0 aromatic carbocycles. The average molecular weight is 321 g/mol. The molecule has 120 valence electrons. The van der Waals surface area contributed by atoms with Crippen LogP contribution in [0.4, 0.5) is 0 Å². The highest BCUT2D eigenvalue weighted by molar-refractivity contribution is 8.01. The summed E-state index contributed by atoms with van der Waals surface area (Å²) in [7, 11) is 1.64. The third-order valence-corrected chi connectivity index (χ3v) is 5.78. The van der Waals surface area contributed by atoms with Crippen LogP contribution in [-0.2, 0) is 11.2 Å². The number of carbonyl (C=O) groups excluding carboxylic acids is 1. The maximum atomic E-state index is 11.9. The van der Waals surface area contributed by atoms with Gasteiger partial charge in [-0.15, -0.1) is 10.2 Å². The van der Waals surface area contributed by atoms with Gasteiger partial charge in [0.1, 0.15) is 5.25 Å². The molecule has 7 heteroatoms. The molecule has 2 aliphatic rings. The van der Waals surface area contributed by atoms with Crippen molar-refractivity contribution in [1.29, 1.82) is 0 Å². The molecule has 1 atom stereocenters. The Morgan fingerprint density at radius 2 is 2.09 bits per heavy atom. The zero-order valence-electron chi connectivity index (χ0n) is 13.2. The molecular formula is C15H23N5OS. The van der Waals surface area contributed by atoms with Crippen LogP contribution < -0.4 is 5.32 Å². The standard InChI is InChI=1S/C15H23N5OS/c1-10-13(14(21)16-2)22-15-18-17-12(20(15)19-10)9-8-11-6-4-3-5-7-11/h11,13H,3-9H2,1-2H3,(H,16,21). The van der Waals surface area contributed by atoms with Crippen LogP contribution in [0, 0.1) is 5.92 Å². The van der Waals surface area contributed by atoms with E-state index < -0.39 is 0 Å². The van der Waals surface area contributed by atoms with Crippen molar-refractivity contribution in [1.82, 2.24) is 20.2 Å². The van der Waals surface area contributed by atoms with E-state index >= 15 is 0 Å². The fourth-order valence-corrected chi connectivity index (χ4v) is 4.20. The van der Waals surface area contributed by atoms with Gasteiger partial charge in [0, 0.05) is 13.5 Å². The van der Waals surface area contributed by atoms with Gasteiger partial charge in [-0.3, -0.25) is 4.79 Å². The van der Waals surface area contributed by atoms with Gasteiger partial charge in [-0.1, -0.05) is 43.9 Å². The van der Waals surface area contributed by atoms with Crippen molar-refractivity contribution >= 4 is 23.4 Å². The highest BCUT2D eigenvalue weighted by Gasteiger charge is 2.30. The van der Waals surface area contributed by atoms with E-state index in [1.165, 1.54) is 43.9 Å². The lowest BCUT2D eigenvalue weighted by molar-refractivity contribution is -0.119. The van der Waals surface area contributed by atoms with E-state index in [-0.39, 0.29) is 11.2 Å². The molecule has 1 N–H and O–H groups in total. The molecule has 0 radical (unpaired) electrons. The number of rotatable bonds is 4. The molecule has 1 saturated carbocycles. The van der Waals surface area contributed by atoms with E-state index in [9.17, 15) is 4.79 Å². The third kappa shape index (κ3) is 3.19. The average Bonchev–Trinajstić information content (AvgIpc) is 2.94. The van der Waals surface area contributed by atoms with Crippen molar-refractivity contribution in [2.24, 2.45) is 11.0 Å². The summed E-state index contributed by atoms with van der Waals surface area (Å²) in [6.07, 6.45) is 8.88. The van der Waals surface area contributed by atoms with E-state index in [0.717, 1.165) is 35.5 Å². The van der Waals surface area contributed by atoms with E-state index in [1.54, 1.807) is 7.05 Å². The summed E-state index contributed by atoms with van der Waals surface area (Å²) < 4.78 is 1.82. The summed E-state index contributed by atoms with van der Waals surface area (Å²) in [5.74, 6) is 1.70. The first-order valence-electron chi connectivity index (χ1n) is 8.07. The minimum Gasteiger partial charge on any atom is -0.358 e. The molecule has 1 unspecified atom stereocenters. The number of fused-ring (bicyclic) bond motifs is 1. The number of hydrogen-bond donors (Lipinski definition) is 1. The minimum atomic E-state index is -0.298. The van der Waals surface area contributed by atoms with Crippen LogP contribution in [0.15, 0.2) is 10.3 Å². The Morgan fingerprint density at radius 1 is 1.32 bits per heavy atom. The van der Waals surface area contributed by atoms with Crippen molar-refractivity contribution in [2.45, 2.75) is 62.3 Å². The SMILES string of the molecule is CNC(=O)C1Sc2nnc(CCC3CCCCC3)n2N=C1C. The van der Waals surface area contributed by atoms with Crippen LogP contribution >= 0.6 is 11.8 Å². The predicted octanol–water partition coefficient (Wildman–Crippen LogP) is 2.24. The van der Waals surface area contributed by atoms with Crippen molar-refractivity contribution < 1.29 is 4.79 Å². The van der Waals surface area contributed by atoms with Crippen LogP contribution in [0.2, 0.25) is 0 Å².